The lowest BCUT2D eigenvalue weighted by atomic mass is 10.0. The van der Waals surface area contributed by atoms with Crippen molar-refractivity contribution >= 4 is 17.5 Å². The molecule has 1 aromatic heterocycles. The summed E-state index contributed by atoms with van der Waals surface area (Å²) in [5.41, 5.74) is 2.98. The third kappa shape index (κ3) is 2.25. The Morgan fingerprint density at radius 3 is 3.05 bits per heavy atom. The quantitative estimate of drug-likeness (QED) is 0.768. The molecule has 2 aromatic rings. The number of rotatable bonds is 3. The number of amides is 2. The van der Waals surface area contributed by atoms with Gasteiger partial charge in [0, 0.05) is 5.69 Å². The third-order valence-electron chi connectivity index (χ3n) is 3.25. The molecule has 3 rings (SSSR count). The maximum atomic E-state index is 11.9. The Hall–Kier alpha value is -2.70. The summed E-state index contributed by atoms with van der Waals surface area (Å²) in [4.78, 5) is 23.2. The maximum Gasteiger partial charge on any atom is 0.273 e. The molecule has 20 heavy (non-hydrogen) atoms. The number of anilines is 1. The lowest BCUT2D eigenvalue weighted by molar-refractivity contribution is -0.115. The van der Waals surface area contributed by atoms with E-state index in [2.05, 4.69) is 26.0 Å². The van der Waals surface area contributed by atoms with Crippen LogP contribution in [0.3, 0.4) is 0 Å². The average molecular weight is 271 g/mol. The Morgan fingerprint density at radius 2 is 2.30 bits per heavy atom. The van der Waals surface area contributed by atoms with Gasteiger partial charge in [0.15, 0.2) is 5.69 Å². The van der Waals surface area contributed by atoms with E-state index in [9.17, 15) is 9.59 Å². The number of hydrogen-bond donors (Lipinski definition) is 3. The van der Waals surface area contributed by atoms with Crippen molar-refractivity contribution in [1.29, 1.82) is 0 Å². The van der Waals surface area contributed by atoms with Crippen LogP contribution < -0.4 is 10.6 Å². The molecule has 2 amide bonds. The third-order valence-corrected chi connectivity index (χ3v) is 3.25. The van der Waals surface area contributed by atoms with Gasteiger partial charge in [0.25, 0.3) is 5.91 Å². The molecule has 1 aromatic carbocycles. The second-order valence-electron chi connectivity index (χ2n) is 4.69. The Labute approximate surface area is 114 Å². The van der Waals surface area contributed by atoms with Crippen molar-refractivity contribution < 1.29 is 9.59 Å². The van der Waals surface area contributed by atoms with Crippen LogP contribution in [0.2, 0.25) is 0 Å². The molecule has 7 nitrogen and oxygen atoms in total. The minimum absolute atomic E-state index is 0.00330. The maximum absolute atomic E-state index is 11.9. The van der Waals surface area contributed by atoms with Gasteiger partial charge in [-0.15, -0.1) is 0 Å². The normalized spacial score (nSPS) is 14.6. The second kappa shape index (κ2) is 4.76. The number of carbonyl (C=O) groups is 2. The number of carbonyl (C=O) groups excluding carboxylic acids is 2. The monoisotopic (exact) mass is 271 g/mol. The van der Waals surface area contributed by atoms with Crippen LogP contribution in [0.5, 0.6) is 0 Å². The van der Waals surface area contributed by atoms with E-state index in [1.54, 1.807) is 0 Å². The largest absolute Gasteiger partial charge is 0.344 e. The first-order chi connectivity index (χ1) is 9.63. The highest BCUT2D eigenvalue weighted by Crippen LogP contribution is 2.26. The molecule has 0 aliphatic carbocycles. The highest BCUT2D eigenvalue weighted by molar-refractivity contribution is 5.99. The summed E-state index contributed by atoms with van der Waals surface area (Å²) in [6, 6.07) is 5.49. The minimum atomic E-state index is -0.291. The SMILES string of the molecule is C[C@H](NC(=O)c1cn[nH]n1)c1ccc2c(c1)CC(=O)N2. The molecule has 102 valence electrons. The highest BCUT2D eigenvalue weighted by atomic mass is 16.2. The summed E-state index contributed by atoms with van der Waals surface area (Å²) >= 11 is 0. The van der Waals surface area contributed by atoms with Gasteiger partial charge in [0.2, 0.25) is 5.91 Å². The first-order valence-electron chi connectivity index (χ1n) is 6.23. The van der Waals surface area contributed by atoms with Gasteiger partial charge in [-0.05, 0) is 24.1 Å². The first-order valence-corrected chi connectivity index (χ1v) is 6.23. The van der Waals surface area contributed by atoms with Crippen LogP contribution in [0.15, 0.2) is 24.4 Å². The number of benzene rings is 1. The Bertz CT molecular complexity index is 665. The fraction of sp³-hybridized carbons (Fsp3) is 0.231. The van der Waals surface area contributed by atoms with Gasteiger partial charge in [0.05, 0.1) is 18.7 Å². The number of H-pyrrole nitrogens is 1. The Kier molecular flexibility index (Phi) is 2.94. The summed E-state index contributed by atoms with van der Waals surface area (Å²) in [6.07, 6.45) is 1.75. The van der Waals surface area contributed by atoms with Gasteiger partial charge in [-0.1, -0.05) is 12.1 Å². The molecule has 0 saturated heterocycles. The Balaban J connectivity index is 1.75. The molecule has 2 heterocycles. The number of nitrogens with zero attached hydrogens (tertiary/aromatic N) is 2. The summed E-state index contributed by atoms with van der Waals surface area (Å²) < 4.78 is 0. The van der Waals surface area contributed by atoms with Gasteiger partial charge in [-0.2, -0.15) is 15.4 Å². The van der Waals surface area contributed by atoms with Crippen LogP contribution in [0.25, 0.3) is 0 Å². The van der Waals surface area contributed by atoms with Gasteiger partial charge in [-0.25, -0.2) is 0 Å². The van der Waals surface area contributed by atoms with Crippen LogP contribution in [-0.4, -0.2) is 27.2 Å². The van der Waals surface area contributed by atoms with E-state index in [0.717, 1.165) is 16.8 Å². The van der Waals surface area contributed by atoms with Crippen molar-refractivity contribution in [1.82, 2.24) is 20.7 Å². The van der Waals surface area contributed by atoms with Crippen LogP contribution in [0.4, 0.5) is 5.69 Å². The van der Waals surface area contributed by atoms with Crippen molar-refractivity contribution in [2.45, 2.75) is 19.4 Å². The van der Waals surface area contributed by atoms with Gasteiger partial charge >= 0.3 is 0 Å². The molecular weight excluding hydrogens is 258 g/mol. The van der Waals surface area contributed by atoms with E-state index >= 15 is 0 Å². The Morgan fingerprint density at radius 1 is 1.45 bits per heavy atom. The fourth-order valence-corrected chi connectivity index (χ4v) is 2.18. The summed E-state index contributed by atoms with van der Waals surface area (Å²) in [5.74, 6) is -0.294. The molecule has 0 fully saturated rings. The molecular formula is C13H13N5O2. The zero-order chi connectivity index (χ0) is 14.1. The zero-order valence-corrected chi connectivity index (χ0v) is 10.8. The van der Waals surface area contributed by atoms with E-state index in [4.69, 9.17) is 0 Å². The van der Waals surface area contributed by atoms with Gasteiger partial charge in [0.1, 0.15) is 0 Å². The number of aromatic nitrogens is 3. The van der Waals surface area contributed by atoms with Crippen LogP contribution >= 0.6 is 0 Å². The summed E-state index contributed by atoms with van der Waals surface area (Å²) in [6.45, 7) is 1.88. The standard InChI is InChI=1S/C13H13N5O2/c1-7(15-13(20)11-6-14-18-17-11)8-2-3-10-9(4-8)5-12(19)16-10/h2-4,6-7H,5H2,1H3,(H,15,20)(H,16,19)(H,14,17,18)/t7-/m0/s1. The predicted octanol–water partition coefficient (Wildman–Crippen LogP) is 0.790. The van der Waals surface area contributed by atoms with E-state index in [0.29, 0.717) is 6.42 Å². The van der Waals surface area contributed by atoms with Crippen LogP contribution in [-0.2, 0) is 11.2 Å². The number of nitrogens with one attached hydrogen (secondary N) is 3. The average Bonchev–Trinajstić information content (AvgIpc) is 3.05. The number of hydrogen-bond acceptors (Lipinski definition) is 4. The van der Waals surface area contributed by atoms with E-state index in [1.165, 1.54) is 6.20 Å². The zero-order valence-electron chi connectivity index (χ0n) is 10.8. The molecule has 0 unspecified atom stereocenters. The molecule has 1 aliphatic heterocycles. The van der Waals surface area contributed by atoms with Crippen molar-refractivity contribution in [3.63, 3.8) is 0 Å². The highest BCUT2D eigenvalue weighted by Gasteiger charge is 2.20. The van der Waals surface area contributed by atoms with E-state index < -0.39 is 0 Å². The summed E-state index contributed by atoms with van der Waals surface area (Å²) in [5, 5.41) is 15.3. The molecule has 3 N–H and O–H groups in total. The van der Waals surface area contributed by atoms with Crippen LogP contribution in [0.1, 0.15) is 34.6 Å². The lowest BCUT2D eigenvalue weighted by Crippen LogP contribution is -2.27. The van der Waals surface area contributed by atoms with Gasteiger partial charge < -0.3 is 10.6 Å². The summed E-state index contributed by atoms with van der Waals surface area (Å²) in [7, 11) is 0. The molecule has 1 aliphatic rings. The molecule has 7 heteroatoms. The molecule has 1 atom stereocenters. The smallest absolute Gasteiger partial charge is 0.273 e. The van der Waals surface area contributed by atoms with Crippen LogP contribution in [0, 0.1) is 0 Å². The van der Waals surface area contributed by atoms with Crippen molar-refractivity contribution in [3.05, 3.63) is 41.2 Å². The predicted molar refractivity (Wildman–Crippen MR) is 71.0 cm³/mol. The minimum Gasteiger partial charge on any atom is -0.344 e. The fourth-order valence-electron chi connectivity index (χ4n) is 2.18. The van der Waals surface area contributed by atoms with Gasteiger partial charge in [-0.3, -0.25) is 9.59 Å². The van der Waals surface area contributed by atoms with E-state index in [-0.39, 0.29) is 23.6 Å². The molecule has 0 bridgehead atoms. The van der Waals surface area contributed by atoms with E-state index in [1.807, 2.05) is 25.1 Å². The topological polar surface area (TPSA) is 99.8 Å². The first kappa shape index (κ1) is 12.3. The van der Waals surface area contributed by atoms with Crippen molar-refractivity contribution in [3.8, 4) is 0 Å². The number of fused-ring (bicyclic) bond motifs is 1. The van der Waals surface area contributed by atoms with Crippen molar-refractivity contribution in [2.75, 3.05) is 5.32 Å². The second-order valence-corrected chi connectivity index (χ2v) is 4.69. The lowest BCUT2D eigenvalue weighted by Gasteiger charge is -2.14. The van der Waals surface area contributed by atoms with Crippen molar-refractivity contribution in [2.24, 2.45) is 0 Å². The number of aromatic amines is 1. The molecule has 0 spiro atoms. The molecule has 0 saturated carbocycles. The molecule has 0 radical (unpaired) electrons.